The van der Waals surface area contributed by atoms with E-state index < -0.39 is 18.4 Å². The van der Waals surface area contributed by atoms with Gasteiger partial charge < -0.3 is 14.7 Å². The fourth-order valence-electron chi connectivity index (χ4n) is 1.70. The van der Waals surface area contributed by atoms with Crippen molar-refractivity contribution in [3.05, 3.63) is 39.6 Å². The van der Waals surface area contributed by atoms with E-state index in [0.717, 1.165) is 0 Å². The van der Waals surface area contributed by atoms with E-state index in [1.807, 2.05) is 0 Å². The zero-order chi connectivity index (χ0) is 14.9. The third-order valence-electron chi connectivity index (χ3n) is 2.49. The van der Waals surface area contributed by atoms with Crippen molar-refractivity contribution in [2.75, 3.05) is 0 Å². The van der Waals surface area contributed by atoms with Gasteiger partial charge in [-0.05, 0) is 12.1 Å². The standard InChI is InChI=1S/C12H7Cl2NO5/c13-5-2-1-3-6(14)9(5)11-10(12(18)19)7(20-15-11)4-8(16)17/h1-3H,4H2,(H,16,17)(H,18,19). The molecule has 0 atom stereocenters. The normalized spacial score (nSPS) is 10.5. The Morgan fingerprint density at radius 2 is 1.80 bits per heavy atom. The number of hydrogen-bond acceptors (Lipinski definition) is 4. The maximum atomic E-state index is 11.3. The molecule has 20 heavy (non-hydrogen) atoms. The Kier molecular flexibility index (Phi) is 3.96. The van der Waals surface area contributed by atoms with E-state index in [4.69, 9.17) is 32.8 Å². The van der Waals surface area contributed by atoms with Crippen molar-refractivity contribution in [1.29, 1.82) is 0 Å². The molecule has 0 spiro atoms. The van der Waals surface area contributed by atoms with Gasteiger partial charge in [-0.3, -0.25) is 4.79 Å². The number of aromatic nitrogens is 1. The highest BCUT2D eigenvalue weighted by Gasteiger charge is 2.27. The molecule has 8 heteroatoms. The van der Waals surface area contributed by atoms with Crippen LogP contribution in [0, 0.1) is 0 Å². The van der Waals surface area contributed by atoms with Crippen molar-refractivity contribution in [2.45, 2.75) is 6.42 Å². The van der Waals surface area contributed by atoms with Gasteiger partial charge in [0.05, 0.1) is 10.0 Å². The Bertz CT molecular complexity index is 675. The van der Waals surface area contributed by atoms with E-state index in [0.29, 0.717) is 0 Å². The molecule has 2 aromatic rings. The summed E-state index contributed by atoms with van der Waals surface area (Å²) >= 11 is 12.0. The summed E-state index contributed by atoms with van der Waals surface area (Å²) in [7, 11) is 0. The fraction of sp³-hybridized carbons (Fsp3) is 0.0833. The minimum atomic E-state index is -1.37. The first kappa shape index (κ1) is 14.4. The molecule has 0 radical (unpaired) electrons. The van der Waals surface area contributed by atoms with Crippen LogP contribution in [0.25, 0.3) is 11.3 Å². The van der Waals surface area contributed by atoms with Crippen molar-refractivity contribution >= 4 is 35.1 Å². The molecule has 1 heterocycles. The van der Waals surface area contributed by atoms with Gasteiger partial charge in [0, 0.05) is 5.56 Å². The molecule has 104 valence electrons. The van der Waals surface area contributed by atoms with Gasteiger partial charge in [-0.2, -0.15) is 0 Å². The van der Waals surface area contributed by atoms with Crippen LogP contribution in [-0.2, 0) is 11.2 Å². The minimum absolute atomic E-state index is 0.0932. The first-order valence-electron chi connectivity index (χ1n) is 5.29. The Hall–Kier alpha value is -2.05. The smallest absolute Gasteiger partial charge is 0.341 e. The molecule has 0 unspecified atom stereocenters. The maximum Gasteiger partial charge on any atom is 0.341 e. The predicted molar refractivity (Wildman–Crippen MR) is 70.3 cm³/mol. The highest BCUT2D eigenvalue weighted by molar-refractivity contribution is 6.39. The summed E-state index contributed by atoms with van der Waals surface area (Å²) in [5.74, 6) is -2.87. The maximum absolute atomic E-state index is 11.3. The van der Waals surface area contributed by atoms with Crippen molar-refractivity contribution in [3.8, 4) is 11.3 Å². The average Bonchev–Trinajstić information content (AvgIpc) is 2.71. The zero-order valence-electron chi connectivity index (χ0n) is 9.76. The van der Waals surface area contributed by atoms with E-state index in [1.54, 1.807) is 6.07 Å². The summed E-state index contributed by atoms with van der Waals surface area (Å²) in [6.07, 6.45) is -0.600. The second-order valence-electron chi connectivity index (χ2n) is 3.80. The molecule has 1 aromatic heterocycles. The number of carbonyl (C=O) groups is 2. The molecule has 1 aromatic carbocycles. The molecule has 0 fully saturated rings. The lowest BCUT2D eigenvalue weighted by Crippen LogP contribution is -2.06. The molecule has 0 aliphatic rings. The molecule has 0 aliphatic carbocycles. The number of aliphatic carboxylic acids is 1. The molecule has 0 saturated heterocycles. The minimum Gasteiger partial charge on any atom is -0.481 e. The molecule has 2 N–H and O–H groups in total. The van der Waals surface area contributed by atoms with Crippen molar-refractivity contribution in [3.63, 3.8) is 0 Å². The lowest BCUT2D eigenvalue weighted by molar-refractivity contribution is -0.136. The number of carboxylic acid groups (broad SMARTS) is 2. The monoisotopic (exact) mass is 315 g/mol. The number of nitrogens with zero attached hydrogens (tertiary/aromatic N) is 1. The van der Waals surface area contributed by atoms with Crippen LogP contribution in [0.1, 0.15) is 16.1 Å². The number of benzene rings is 1. The highest BCUT2D eigenvalue weighted by Crippen LogP contribution is 2.36. The Labute approximate surface area is 122 Å². The van der Waals surface area contributed by atoms with Gasteiger partial charge in [0.15, 0.2) is 5.76 Å². The van der Waals surface area contributed by atoms with Crippen LogP contribution in [0.5, 0.6) is 0 Å². The second-order valence-corrected chi connectivity index (χ2v) is 4.62. The van der Waals surface area contributed by atoms with Crippen LogP contribution in [0.2, 0.25) is 10.0 Å². The first-order chi connectivity index (χ1) is 9.41. The zero-order valence-corrected chi connectivity index (χ0v) is 11.3. The van der Waals surface area contributed by atoms with Crippen LogP contribution < -0.4 is 0 Å². The van der Waals surface area contributed by atoms with Gasteiger partial charge in [0.2, 0.25) is 0 Å². The highest BCUT2D eigenvalue weighted by atomic mass is 35.5. The van der Waals surface area contributed by atoms with Crippen LogP contribution in [0.3, 0.4) is 0 Å². The van der Waals surface area contributed by atoms with E-state index in [1.165, 1.54) is 12.1 Å². The summed E-state index contributed by atoms with van der Waals surface area (Å²) in [5.41, 5.74) is -0.264. The number of aromatic carboxylic acids is 1. The second kappa shape index (κ2) is 5.52. The SMILES string of the molecule is O=C(O)Cc1onc(-c2c(Cl)cccc2Cl)c1C(=O)O. The Morgan fingerprint density at radius 3 is 2.30 bits per heavy atom. The predicted octanol–water partition coefficient (Wildman–Crippen LogP) is 2.97. The lowest BCUT2D eigenvalue weighted by Gasteiger charge is -2.04. The quantitative estimate of drug-likeness (QED) is 0.899. The summed E-state index contributed by atoms with van der Waals surface area (Å²) < 4.78 is 4.80. The lowest BCUT2D eigenvalue weighted by atomic mass is 10.0. The number of carboxylic acids is 2. The van der Waals surface area contributed by atoms with Crippen molar-refractivity contribution in [1.82, 2.24) is 5.16 Å². The third kappa shape index (κ3) is 2.61. The Balaban J connectivity index is 2.66. The van der Waals surface area contributed by atoms with Crippen molar-refractivity contribution in [2.24, 2.45) is 0 Å². The van der Waals surface area contributed by atoms with Crippen molar-refractivity contribution < 1.29 is 24.3 Å². The van der Waals surface area contributed by atoms with Gasteiger partial charge >= 0.3 is 11.9 Å². The molecule has 0 bridgehead atoms. The van der Waals surface area contributed by atoms with Crippen LogP contribution in [0.15, 0.2) is 22.7 Å². The van der Waals surface area contributed by atoms with E-state index in [2.05, 4.69) is 5.16 Å². The molecule has 0 saturated carbocycles. The number of rotatable bonds is 4. The van der Waals surface area contributed by atoms with Crippen LogP contribution in [-0.4, -0.2) is 27.3 Å². The van der Waals surface area contributed by atoms with Gasteiger partial charge in [0.1, 0.15) is 17.7 Å². The van der Waals surface area contributed by atoms with Gasteiger partial charge in [0.25, 0.3) is 0 Å². The van der Waals surface area contributed by atoms with Gasteiger partial charge in [-0.1, -0.05) is 34.4 Å². The summed E-state index contributed by atoms with van der Waals surface area (Å²) in [6, 6.07) is 4.62. The molecule has 0 aliphatic heterocycles. The molecule has 0 amide bonds. The summed E-state index contributed by atoms with van der Waals surface area (Å²) in [6.45, 7) is 0. The number of hydrogen-bond donors (Lipinski definition) is 2. The van der Waals surface area contributed by atoms with Crippen LogP contribution >= 0.6 is 23.2 Å². The number of halogens is 2. The van der Waals surface area contributed by atoms with Gasteiger partial charge in [-0.25, -0.2) is 4.79 Å². The summed E-state index contributed by atoms with van der Waals surface area (Å²) in [4.78, 5) is 22.0. The average molecular weight is 316 g/mol. The first-order valence-corrected chi connectivity index (χ1v) is 6.05. The van der Waals surface area contributed by atoms with Gasteiger partial charge in [-0.15, -0.1) is 0 Å². The van der Waals surface area contributed by atoms with E-state index >= 15 is 0 Å². The van der Waals surface area contributed by atoms with E-state index in [9.17, 15) is 14.7 Å². The fourth-order valence-corrected chi connectivity index (χ4v) is 2.27. The molecular weight excluding hydrogens is 309 g/mol. The van der Waals surface area contributed by atoms with E-state index in [-0.39, 0.29) is 32.6 Å². The van der Waals surface area contributed by atoms with Crippen LogP contribution in [0.4, 0.5) is 0 Å². The molecule has 2 rings (SSSR count). The largest absolute Gasteiger partial charge is 0.481 e. The third-order valence-corrected chi connectivity index (χ3v) is 3.12. The summed E-state index contributed by atoms with van der Waals surface area (Å²) in [5, 5.41) is 21.9. The Morgan fingerprint density at radius 1 is 1.20 bits per heavy atom. The topological polar surface area (TPSA) is 101 Å². The molecule has 6 nitrogen and oxygen atoms in total. The molecular formula is C12H7Cl2NO5.